The van der Waals surface area contributed by atoms with Crippen LogP contribution in [0.15, 0.2) is 89.8 Å². The Hall–Kier alpha value is -4.04. The fraction of sp³-hybridized carbons (Fsp3) is 0.115. The molecule has 0 atom stereocenters. The highest BCUT2D eigenvalue weighted by Crippen LogP contribution is 2.32. The van der Waals surface area contributed by atoms with Gasteiger partial charge in [0.25, 0.3) is 11.1 Å². The van der Waals surface area contributed by atoms with Crippen molar-refractivity contribution < 1.29 is 23.9 Å². The predicted molar refractivity (Wildman–Crippen MR) is 132 cm³/mol. The van der Waals surface area contributed by atoms with Crippen molar-refractivity contribution in [3.63, 3.8) is 0 Å². The number of hydrogen-bond donors (Lipinski definition) is 1. The zero-order chi connectivity index (χ0) is 23.8. The van der Waals surface area contributed by atoms with Crippen LogP contribution in [0.1, 0.15) is 5.56 Å². The van der Waals surface area contributed by atoms with Crippen molar-refractivity contribution in [1.29, 1.82) is 0 Å². The number of anilines is 1. The highest BCUT2D eigenvalue weighted by Gasteiger charge is 2.36. The van der Waals surface area contributed by atoms with Gasteiger partial charge in [-0.3, -0.25) is 19.3 Å². The van der Waals surface area contributed by atoms with Gasteiger partial charge in [-0.05, 0) is 59.8 Å². The molecule has 3 amide bonds. The minimum absolute atomic E-state index is 0.252. The Kier molecular flexibility index (Phi) is 7.62. The first-order chi connectivity index (χ1) is 16.6. The molecule has 0 saturated carbocycles. The minimum Gasteiger partial charge on any atom is -0.490 e. The zero-order valence-electron chi connectivity index (χ0n) is 18.2. The number of carbonyl (C=O) groups is 3. The highest BCUT2D eigenvalue weighted by atomic mass is 32.2. The smallest absolute Gasteiger partial charge is 0.294 e. The van der Waals surface area contributed by atoms with Crippen molar-refractivity contribution >= 4 is 40.6 Å². The van der Waals surface area contributed by atoms with Gasteiger partial charge in [0.15, 0.2) is 0 Å². The lowest BCUT2D eigenvalue weighted by Gasteiger charge is -2.12. The Morgan fingerprint density at radius 3 is 2.24 bits per heavy atom. The van der Waals surface area contributed by atoms with Crippen molar-refractivity contribution in [2.75, 3.05) is 25.1 Å². The molecule has 3 aromatic carbocycles. The van der Waals surface area contributed by atoms with Gasteiger partial charge in [0.1, 0.15) is 31.3 Å². The molecule has 1 fully saturated rings. The van der Waals surface area contributed by atoms with E-state index in [0.717, 1.165) is 22.4 Å². The van der Waals surface area contributed by atoms with E-state index in [1.54, 1.807) is 48.5 Å². The summed E-state index contributed by atoms with van der Waals surface area (Å²) in [5.74, 6) is 0.448. The Morgan fingerprint density at radius 1 is 0.853 bits per heavy atom. The quantitative estimate of drug-likeness (QED) is 0.354. The second-order valence-electron chi connectivity index (χ2n) is 7.26. The van der Waals surface area contributed by atoms with Crippen LogP contribution < -0.4 is 14.8 Å². The fourth-order valence-corrected chi connectivity index (χ4v) is 4.02. The summed E-state index contributed by atoms with van der Waals surface area (Å²) in [7, 11) is 0. The number of hydrogen-bond acceptors (Lipinski definition) is 6. The Balaban J connectivity index is 1.33. The lowest BCUT2D eigenvalue weighted by Crippen LogP contribution is -2.36. The fourth-order valence-electron chi connectivity index (χ4n) is 3.18. The van der Waals surface area contributed by atoms with Gasteiger partial charge in [-0.1, -0.05) is 48.5 Å². The Morgan fingerprint density at radius 2 is 1.50 bits per heavy atom. The maximum absolute atomic E-state index is 12.7. The third kappa shape index (κ3) is 6.26. The monoisotopic (exact) mass is 474 g/mol. The molecule has 1 aliphatic heterocycles. The van der Waals surface area contributed by atoms with Gasteiger partial charge in [-0.15, -0.1) is 0 Å². The Bertz CT molecular complexity index is 1200. The molecule has 0 unspecified atom stereocenters. The second-order valence-corrected chi connectivity index (χ2v) is 8.26. The molecule has 3 aromatic rings. The highest BCUT2D eigenvalue weighted by molar-refractivity contribution is 8.18. The van der Waals surface area contributed by atoms with Gasteiger partial charge in [0, 0.05) is 5.69 Å². The number of nitrogens with zero attached hydrogens (tertiary/aromatic N) is 1. The number of imide groups is 1. The molecule has 34 heavy (non-hydrogen) atoms. The first-order valence-electron chi connectivity index (χ1n) is 10.6. The van der Waals surface area contributed by atoms with Crippen molar-refractivity contribution in [3.8, 4) is 11.5 Å². The average molecular weight is 475 g/mol. The van der Waals surface area contributed by atoms with Crippen LogP contribution in [0, 0.1) is 0 Å². The van der Waals surface area contributed by atoms with Crippen LogP contribution >= 0.6 is 11.8 Å². The zero-order valence-corrected chi connectivity index (χ0v) is 19.0. The standard InChI is InChI=1S/C26H22N2O5S/c29-24(27-20-9-3-1-4-10-20)18-28-25(30)23(34-26(28)31)17-19-8-7-13-22(16-19)33-15-14-32-21-11-5-2-6-12-21/h1-13,16-17H,14-15,18H2,(H,27,29)/b23-17-. The van der Waals surface area contributed by atoms with Crippen molar-refractivity contribution in [1.82, 2.24) is 4.90 Å². The topological polar surface area (TPSA) is 84.9 Å². The lowest BCUT2D eigenvalue weighted by atomic mass is 10.2. The molecule has 7 nitrogen and oxygen atoms in total. The van der Waals surface area contributed by atoms with Crippen molar-refractivity contribution in [2.45, 2.75) is 0 Å². The first-order valence-corrected chi connectivity index (χ1v) is 11.4. The van der Waals surface area contributed by atoms with E-state index in [1.807, 2.05) is 42.5 Å². The molecule has 0 aromatic heterocycles. The van der Waals surface area contributed by atoms with E-state index in [4.69, 9.17) is 9.47 Å². The molecule has 0 radical (unpaired) electrons. The van der Waals surface area contributed by atoms with Crippen LogP contribution in [0.2, 0.25) is 0 Å². The van der Waals surface area contributed by atoms with Gasteiger partial charge >= 0.3 is 0 Å². The van der Waals surface area contributed by atoms with E-state index < -0.39 is 17.1 Å². The minimum atomic E-state index is -0.499. The molecule has 8 heteroatoms. The van der Waals surface area contributed by atoms with Crippen LogP contribution in [-0.4, -0.2) is 41.7 Å². The largest absolute Gasteiger partial charge is 0.490 e. The van der Waals surface area contributed by atoms with E-state index in [2.05, 4.69) is 5.32 Å². The molecule has 1 heterocycles. The summed E-state index contributed by atoms with van der Waals surface area (Å²) in [5, 5.41) is 2.19. The first kappa shape index (κ1) is 23.1. The third-order valence-electron chi connectivity index (χ3n) is 4.75. The van der Waals surface area contributed by atoms with E-state index in [1.165, 1.54) is 0 Å². The summed E-state index contributed by atoms with van der Waals surface area (Å²) in [4.78, 5) is 38.5. The summed E-state index contributed by atoms with van der Waals surface area (Å²) in [6.45, 7) is 0.394. The predicted octanol–water partition coefficient (Wildman–Crippen LogP) is 4.82. The van der Waals surface area contributed by atoms with Gasteiger partial charge in [0.05, 0.1) is 4.91 Å². The normalized spacial score (nSPS) is 14.4. The molecular weight excluding hydrogens is 452 g/mol. The van der Waals surface area contributed by atoms with Crippen LogP contribution in [0.3, 0.4) is 0 Å². The average Bonchev–Trinajstić information content (AvgIpc) is 3.10. The number of para-hydroxylation sites is 2. The number of thioether (sulfide) groups is 1. The lowest BCUT2D eigenvalue weighted by molar-refractivity contribution is -0.127. The molecule has 0 bridgehead atoms. The second kappa shape index (κ2) is 11.2. The number of carbonyl (C=O) groups excluding carboxylic acids is 3. The molecule has 0 aliphatic carbocycles. The summed E-state index contributed by atoms with van der Waals surface area (Å²) >= 11 is 0.808. The molecule has 1 aliphatic rings. The molecule has 1 saturated heterocycles. The van der Waals surface area contributed by atoms with E-state index in [0.29, 0.717) is 30.2 Å². The van der Waals surface area contributed by atoms with Crippen LogP contribution in [0.5, 0.6) is 11.5 Å². The van der Waals surface area contributed by atoms with Crippen LogP contribution in [0.4, 0.5) is 10.5 Å². The maximum Gasteiger partial charge on any atom is 0.294 e. The van der Waals surface area contributed by atoms with Gasteiger partial charge in [-0.2, -0.15) is 0 Å². The molecule has 0 spiro atoms. The number of nitrogens with one attached hydrogen (secondary N) is 1. The number of ether oxygens (including phenoxy) is 2. The SMILES string of the molecule is O=C(CN1C(=O)S/C(=C\c2cccc(OCCOc3ccccc3)c2)C1=O)Nc1ccccc1. The summed E-state index contributed by atoms with van der Waals surface area (Å²) in [6.07, 6.45) is 1.62. The van der Waals surface area contributed by atoms with Crippen molar-refractivity contribution in [2.24, 2.45) is 0 Å². The number of rotatable bonds is 9. The maximum atomic E-state index is 12.7. The number of benzene rings is 3. The van der Waals surface area contributed by atoms with E-state index >= 15 is 0 Å². The third-order valence-corrected chi connectivity index (χ3v) is 5.66. The van der Waals surface area contributed by atoms with Gasteiger partial charge in [0.2, 0.25) is 5.91 Å². The van der Waals surface area contributed by atoms with E-state index in [-0.39, 0.29) is 11.4 Å². The molecule has 4 rings (SSSR count). The Labute approximate surface area is 201 Å². The molecular formula is C26H22N2O5S. The summed E-state index contributed by atoms with van der Waals surface area (Å²) in [6, 6.07) is 25.5. The van der Waals surface area contributed by atoms with Crippen LogP contribution in [-0.2, 0) is 9.59 Å². The van der Waals surface area contributed by atoms with E-state index in [9.17, 15) is 14.4 Å². The molecule has 1 N–H and O–H groups in total. The van der Waals surface area contributed by atoms with Crippen LogP contribution in [0.25, 0.3) is 6.08 Å². The number of amides is 3. The molecule has 172 valence electrons. The summed E-state index contributed by atoms with van der Waals surface area (Å²) in [5.41, 5.74) is 1.31. The van der Waals surface area contributed by atoms with Gasteiger partial charge < -0.3 is 14.8 Å². The summed E-state index contributed by atoms with van der Waals surface area (Å²) < 4.78 is 11.3. The van der Waals surface area contributed by atoms with Crippen molar-refractivity contribution in [3.05, 3.63) is 95.4 Å². The van der Waals surface area contributed by atoms with Gasteiger partial charge in [-0.25, -0.2) is 0 Å².